The van der Waals surface area contributed by atoms with Crippen LogP contribution in [-0.4, -0.2) is 38.5 Å². The van der Waals surface area contributed by atoms with Crippen molar-refractivity contribution in [2.45, 2.75) is 104 Å². The summed E-state index contributed by atoms with van der Waals surface area (Å²) in [5.41, 5.74) is 0. The summed E-state index contributed by atoms with van der Waals surface area (Å²) in [6, 6.07) is 0. The van der Waals surface area contributed by atoms with Crippen molar-refractivity contribution < 1.29 is 9.22 Å². The molecule has 0 spiro atoms. The van der Waals surface area contributed by atoms with Crippen LogP contribution in [-0.2, 0) is 4.74 Å². The number of rotatable bonds is 16. The Balaban J connectivity index is 3.12. The first-order chi connectivity index (χ1) is 10.5. The van der Waals surface area contributed by atoms with Crippen molar-refractivity contribution in [3.8, 4) is 0 Å². The Hall–Kier alpha value is -0.0800. The first-order valence-electron chi connectivity index (χ1n) is 9.91. The molecule has 0 aliphatic heterocycles. The SMILES string of the molecule is CCCCCCCCCCCCCCCOC(C)[N+](C)(C)C. The molecule has 0 N–H and O–H groups in total. The summed E-state index contributed by atoms with van der Waals surface area (Å²) >= 11 is 0. The molecule has 2 heteroatoms. The Morgan fingerprint density at radius 1 is 0.636 bits per heavy atom. The van der Waals surface area contributed by atoms with E-state index in [4.69, 9.17) is 4.74 Å². The maximum Gasteiger partial charge on any atom is 0.189 e. The van der Waals surface area contributed by atoms with Gasteiger partial charge in [-0.05, 0) is 6.42 Å². The number of quaternary nitrogens is 1. The van der Waals surface area contributed by atoms with E-state index < -0.39 is 0 Å². The Labute approximate surface area is 141 Å². The fourth-order valence-corrected chi connectivity index (χ4v) is 2.60. The van der Waals surface area contributed by atoms with Gasteiger partial charge in [0.25, 0.3) is 0 Å². The minimum Gasteiger partial charge on any atom is -0.329 e. The fourth-order valence-electron chi connectivity index (χ4n) is 2.60. The molecule has 22 heavy (non-hydrogen) atoms. The molecule has 0 saturated carbocycles. The largest absolute Gasteiger partial charge is 0.329 e. The van der Waals surface area contributed by atoms with Gasteiger partial charge in [0.1, 0.15) is 0 Å². The lowest BCUT2D eigenvalue weighted by molar-refractivity contribution is -0.917. The van der Waals surface area contributed by atoms with Gasteiger partial charge in [0.05, 0.1) is 27.7 Å². The maximum absolute atomic E-state index is 5.88. The summed E-state index contributed by atoms with van der Waals surface area (Å²) in [4.78, 5) is 0. The quantitative estimate of drug-likeness (QED) is 0.189. The van der Waals surface area contributed by atoms with Gasteiger partial charge in [-0.3, -0.25) is 0 Å². The van der Waals surface area contributed by atoms with Gasteiger partial charge in [0.15, 0.2) is 6.23 Å². The van der Waals surface area contributed by atoms with Gasteiger partial charge in [0, 0.05) is 6.92 Å². The molecule has 0 aliphatic rings. The highest BCUT2D eigenvalue weighted by atomic mass is 16.5. The summed E-state index contributed by atoms with van der Waals surface area (Å²) in [6.07, 6.45) is 18.6. The molecule has 0 rings (SSSR count). The van der Waals surface area contributed by atoms with E-state index in [0.29, 0.717) is 6.23 Å². The second-order valence-corrected chi connectivity index (χ2v) is 7.83. The lowest BCUT2D eigenvalue weighted by Gasteiger charge is -2.31. The Bertz CT molecular complexity index is 222. The molecule has 0 aromatic rings. The van der Waals surface area contributed by atoms with Crippen LogP contribution in [0.5, 0.6) is 0 Å². The maximum atomic E-state index is 5.88. The van der Waals surface area contributed by atoms with Crippen LogP contribution < -0.4 is 0 Å². The second-order valence-electron chi connectivity index (χ2n) is 7.83. The van der Waals surface area contributed by atoms with Crippen LogP contribution in [0.15, 0.2) is 0 Å². The highest BCUT2D eigenvalue weighted by Gasteiger charge is 2.17. The topological polar surface area (TPSA) is 9.23 Å². The van der Waals surface area contributed by atoms with Crippen molar-refractivity contribution in [2.24, 2.45) is 0 Å². The van der Waals surface area contributed by atoms with E-state index in [2.05, 4.69) is 35.0 Å². The molecule has 0 saturated heterocycles. The van der Waals surface area contributed by atoms with Crippen molar-refractivity contribution in [1.29, 1.82) is 0 Å². The molecule has 0 bridgehead atoms. The van der Waals surface area contributed by atoms with Crippen molar-refractivity contribution in [2.75, 3.05) is 27.7 Å². The van der Waals surface area contributed by atoms with E-state index in [0.717, 1.165) is 11.1 Å². The monoisotopic (exact) mass is 314 g/mol. The summed E-state index contributed by atoms with van der Waals surface area (Å²) < 4.78 is 6.77. The van der Waals surface area contributed by atoms with E-state index in [-0.39, 0.29) is 0 Å². The molecule has 0 radical (unpaired) electrons. The van der Waals surface area contributed by atoms with E-state index >= 15 is 0 Å². The Morgan fingerprint density at radius 3 is 1.36 bits per heavy atom. The van der Waals surface area contributed by atoms with E-state index in [1.54, 1.807) is 0 Å². The van der Waals surface area contributed by atoms with Crippen molar-refractivity contribution in [1.82, 2.24) is 0 Å². The smallest absolute Gasteiger partial charge is 0.189 e. The Kier molecular flexibility index (Phi) is 14.5. The molecule has 0 fully saturated rings. The highest BCUT2D eigenvalue weighted by Crippen LogP contribution is 2.13. The molecule has 134 valence electrons. The number of hydrogen-bond donors (Lipinski definition) is 0. The van der Waals surface area contributed by atoms with E-state index in [1.165, 1.54) is 83.5 Å². The lowest BCUT2D eigenvalue weighted by Crippen LogP contribution is -2.44. The van der Waals surface area contributed by atoms with Crippen molar-refractivity contribution in [3.05, 3.63) is 0 Å². The van der Waals surface area contributed by atoms with Gasteiger partial charge in [-0.1, -0.05) is 84.0 Å². The molecule has 2 nitrogen and oxygen atoms in total. The summed E-state index contributed by atoms with van der Waals surface area (Å²) in [5, 5.41) is 0. The zero-order valence-electron chi connectivity index (χ0n) is 16.3. The van der Waals surface area contributed by atoms with Crippen LogP contribution in [0.3, 0.4) is 0 Å². The van der Waals surface area contributed by atoms with Gasteiger partial charge in [0.2, 0.25) is 0 Å². The number of hydrogen-bond acceptors (Lipinski definition) is 1. The minimum atomic E-state index is 0.303. The van der Waals surface area contributed by atoms with E-state index in [1.807, 2.05) is 0 Å². The number of nitrogens with zero attached hydrogens (tertiary/aromatic N) is 1. The van der Waals surface area contributed by atoms with Crippen LogP contribution in [0.1, 0.15) is 97.3 Å². The van der Waals surface area contributed by atoms with Crippen LogP contribution >= 0.6 is 0 Å². The molecule has 0 aliphatic carbocycles. The predicted octanol–water partition coefficient (Wildman–Crippen LogP) is 6.15. The fraction of sp³-hybridized carbons (Fsp3) is 1.00. The average molecular weight is 315 g/mol. The molecule has 0 amide bonds. The van der Waals surface area contributed by atoms with Gasteiger partial charge in [-0.2, -0.15) is 0 Å². The van der Waals surface area contributed by atoms with Crippen molar-refractivity contribution >= 4 is 0 Å². The Morgan fingerprint density at radius 2 is 1.00 bits per heavy atom. The number of unbranched alkanes of at least 4 members (excludes halogenated alkanes) is 12. The van der Waals surface area contributed by atoms with Crippen LogP contribution in [0.25, 0.3) is 0 Å². The zero-order chi connectivity index (χ0) is 16.7. The normalized spacial score (nSPS) is 13.5. The number of ether oxygens (including phenoxy) is 1. The summed E-state index contributed by atoms with van der Waals surface area (Å²) in [7, 11) is 6.57. The van der Waals surface area contributed by atoms with Gasteiger partial charge < -0.3 is 9.22 Å². The molecular weight excluding hydrogens is 270 g/mol. The summed E-state index contributed by atoms with van der Waals surface area (Å²) in [5.74, 6) is 0. The zero-order valence-corrected chi connectivity index (χ0v) is 16.3. The average Bonchev–Trinajstić information content (AvgIpc) is 2.46. The molecule has 0 heterocycles. The third-order valence-electron chi connectivity index (χ3n) is 4.70. The standard InChI is InChI=1S/C20H44NO/c1-6-7-8-9-10-11-12-13-14-15-16-17-18-19-22-20(2)21(3,4)5/h20H,6-19H2,1-5H3/q+1. The first-order valence-corrected chi connectivity index (χ1v) is 9.91. The molecule has 1 unspecified atom stereocenters. The van der Waals surface area contributed by atoms with Gasteiger partial charge in [-0.25, -0.2) is 0 Å². The third-order valence-corrected chi connectivity index (χ3v) is 4.70. The molecule has 0 aromatic carbocycles. The van der Waals surface area contributed by atoms with Gasteiger partial charge >= 0.3 is 0 Å². The minimum absolute atomic E-state index is 0.303. The summed E-state index contributed by atoms with van der Waals surface area (Å²) in [6.45, 7) is 5.38. The first kappa shape index (κ1) is 21.9. The third kappa shape index (κ3) is 14.8. The second kappa shape index (κ2) is 14.5. The molecule has 1 atom stereocenters. The molecule has 0 aromatic heterocycles. The highest BCUT2D eigenvalue weighted by molar-refractivity contribution is 4.49. The van der Waals surface area contributed by atoms with Crippen molar-refractivity contribution in [3.63, 3.8) is 0 Å². The van der Waals surface area contributed by atoms with Crippen LogP contribution in [0, 0.1) is 0 Å². The van der Waals surface area contributed by atoms with Crippen LogP contribution in [0.4, 0.5) is 0 Å². The van der Waals surface area contributed by atoms with Crippen LogP contribution in [0.2, 0.25) is 0 Å². The van der Waals surface area contributed by atoms with Gasteiger partial charge in [-0.15, -0.1) is 0 Å². The molecular formula is C20H44NO+. The predicted molar refractivity (Wildman–Crippen MR) is 99.1 cm³/mol. The lowest BCUT2D eigenvalue weighted by atomic mass is 10.0. The van der Waals surface area contributed by atoms with E-state index in [9.17, 15) is 0 Å².